The van der Waals surface area contributed by atoms with E-state index < -0.39 is 17.9 Å². The second kappa shape index (κ2) is 5.25. The Bertz CT molecular complexity index is 506. The van der Waals surface area contributed by atoms with Crippen molar-refractivity contribution in [2.45, 2.75) is 13.3 Å². The maximum Gasteiger partial charge on any atom is 0.224 e. The lowest BCUT2D eigenvalue weighted by atomic mass is 10.2. The molecule has 0 aliphatic rings. The quantitative estimate of drug-likeness (QED) is 0.607. The summed E-state index contributed by atoms with van der Waals surface area (Å²) in [5, 5.41) is 0. The first-order chi connectivity index (χ1) is 8.38. The van der Waals surface area contributed by atoms with Crippen molar-refractivity contribution < 1.29 is 16.7 Å². The van der Waals surface area contributed by atoms with Crippen LogP contribution in [0.4, 0.5) is 4.39 Å². The molecule has 0 saturated carbocycles. The lowest BCUT2D eigenvalue weighted by Crippen LogP contribution is -2.15. The van der Waals surface area contributed by atoms with Crippen molar-refractivity contribution >= 4 is 11.7 Å². The first-order valence-corrected chi connectivity index (χ1v) is 4.64. The molecule has 2 N–H and O–H groups in total. The number of nitrogens with zero attached hydrogens (tertiary/aromatic N) is 1. The third kappa shape index (κ3) is 3.05. The van der Waals surface area contributed by atoms with Gasteiger partial charge in [0.1, 0.15) is 5.76 Å². The van der Waals surface area contributed by atoms with Gasteiger partial charge in [0, 0.05) is 0 Å². The molecule has 0 saturated heterocycles. The summed E-state index contributed by atoms with van der Waals surface area (Å²) in [4.78, 5) is 14.2. The number of pyridine rings is 1. The van der Waals surface area contributed by atoms with Crippen LogP contribution in [0.15, 0.2) is 18.7 Å². The van der Waals surface area contributed by atoms with Crippen LogP contribution in [0.5, 0.6) is 0 Å². The molecule has 4 nitrogen and oxygen atoms in total. The molecule has 1 aromatic heterocycles. The van der Waals surface area contributed by atoms with E-state index in [-0.39, 0.29) is 36.1 Å². The van der Waals surface area contributed by atoms with Gasteiger partial charge in [-0.25, -0.2) is 4.98 Å². The van der Waals surface area contributed by atoms with Crippen LogP contribution in [0, 0.1) is 5.95 Å². The van der Waals surface area contributed by atoms with Crippen LogP contribution in [-0.2, 0) is 16.0 Å². The van der Waals surface area contributed by atoms with E-state index in [0.717, 1.165) is 0 Å². The highest BCUT2D eigenvalue weighted by atomic mass is 19.1. The molecule has 1 heterocycles. The molecule has 0 aromatic carbocycles. The van der Waals surface area contributed by atoms with Crippen LogP contribution < -0.4 is 5.73 Å². The van der Waals surface area contributed by atoms with Crippen molar-refractivity contribution in [2.75, 3.05) is 6.61 Å². The van der Waals surface area contributed by atoms with Crippen LogP contribution in [0.25, 0.3) is 5.76 Å². The maximum atomic E-state index is 13.7. The largest absolute Gasteiger partial charge is 0.494 e. The van der Waals surface area contributed by atoms with Crippen molar-refractivity contribution in [3.63, 3.8) is 0 Å². The number of hydrogen-bond donors (Lipinski definition) is 1. The average molecular weight is 226 g/mol. The van der Waals surface area contributed by atoms with E-state index in [0.29, 0.717) is 0 Å². The second-order valence-corrected chi connectivity index (χ2v) is 2.97. The van der Waals surface area contributed by atoms with Crippen LogP contribution in [0.2, 0.25) is 0 Å². The smallest absolute Gasteiger partial charge is 0.224 e. The Labute approximate surface area is 95.7 Å². The highest BCUT2D eigenvalue weighted by Gasteiger charge is 2.10. The van der Waals surface area contributed by atoms with Crippen LogP contribution >= 0.6 is 0 Å². The molecule has 0 radical (unpaired) electrons. The molecule has 0 spiro atoms. The Balaban J connectivity index is 3.28. The van der Waals surface area contributed by atoms with Crippen LogP contribution in [0.1, 0.15) is 20.9 Å². The summed E-state index contributed by atoms with van der Waals surface area (Å²) in [7, 11) is 0. The van der Waals surface area contributed by atoms with Gasteiger partial charge >= 0.3 is 0 Å². The van der Waals surface area contributed by atoms with E-state index in [9.17, 15) is 9.18 Å². The summed E-state index contributed by atoms with van der Waals surface area (Å²) in [5.41, 5.74) is 4.51. The summed E-state index contributed by atoms with van der Waals surface area (Å²) in [6, 6.07) is -0.775. The topological polar surface area (TPSA) is 65.2 Å². The molecule has 16 heavy (non-hydrogen) atoms. The van der Waals surface area contributed by atoms with E-state index in [1.165, 1.54) is 0 Å². The lowest BCUT2D eigenvalue weighted by molar-refractivity contribution is -0.117. The summed E-state index contributed by atoms with van der Waals surface area (Å²) >= 11 is 0. The fraction of sp³-hybridized carbons (Fsp3) is 0.273. The summed E-state index contributed by atoms with van der Waals surface area (Å²) < 4.78 is 34.0. The van der Waals surface area contributed by atoms with Gasteiger partial charge in [0.2, 0.25) is 11.9 Å². The maximum absolute atomic E-state index is 13.7. The van der Waals surface area contributed by atoms with E-state index in [1.807, 2.05) is 0 Å². The fourth-order valence-electron chi connectivity index (χ4n) is 1.07. The first-order valence-electron chi connectivity index (χ1n) is 5.64. The van der Waals surface area contributed by atoms with Gasteiger partial charge in [-0.2, -0.15) is 4.39 Å². The molecule has 0 aliphatic carbocycles. The zero-order valence-corrected chi connectivity index (χ0v) is 8.84. The molecular formula is C11H13FN2O2. The predicted octanol–water partition coefficient (Wildman–Crippen LogP) is 1.26. The van der Waals surface area contributed by atoms with E-state index in [4.69, 9.17) is 13.2 Å². The van der Waals surface area contributed by atoms with Gasteiger partial charge in [0.05, 0.1) is 27.0 Å². The molecule has 5 heteroatoms. The molecule has 0 bridgehead atoms. The van der Waals surface area contributed by atoms with Crippen molar-refractivity contribution in [1.29, 1.82) is 0 Å². The standard InChI is InChI=1S/C11H13FN2O2/c1-3-16-7(2)9-5-4-8(6-10(13)15)14-11(9)12/h4-5H,2-3,6H2,1H3,(H2,13,15)/i4D,5D. The average Bonchev–Trinajstić information content (AvgIpc) is 2.25. The molecule has 0 atom stereocenters. The first kappa shape index (κ1) is 9.33. The van der Waals surface area contributed by atoms with Gasteiger partial charge in [0.15, 0.2) is 0 Å². The minimum absolute atomic E-state index is 0.0633. The third-order valence-electron chi connectivity index (χ3n) is 1.71. The number of halogens is 1. The van der Waals surface area contributed by atoms with Crippen LogP contribution in [-0.4, -0.2) is 17.5 Å². The van der Waals surface area contributed by atoms with Crippen molar-refractivity contribution in [3.8, 4) is 0 Å². The molecule has 0 aliphatic heterocycles. The van der Waals surface area contributed by atoms with Gasteiger partial charge in [-0.15, -0.1) is 0 Å². The zero-order chi connectivity index (χ0) is 13.9. The normalized spacial score (nSPS) is 11.6. The molecule has 1 rings (SSSR count). The second-order valence-electron chi connectivity index (χ2n) is 2.97. The highest BCUT2D eigenvalue weighted by Crippen LogP contribution is 2.16. The minimum atomic E-state index is -0.995. The minimum Gasteiger partial charge on any atom is -0.494 e. The van der Waals surface area contributed by atoms with Gasteiger partial charge in [-0.05, 0) is 19.0 Å². The summed E-state index contributed by atoms with van der Waals surface area (Å²) in [6.07, 6.45) is -0.386. The molecule has 1 amide bonds. The fourth-order valence-corrected chi connectivity index (χ4v) is 1.07. The molecule has 0 unspecified atom stereocenters. The number of carbonyl (C=O) groups is 1. The monoisotopic (exact) mass is 226 g/mol. The third-order valence-corrected chi connectivity index (χ3v) is 1.71. The number of hydrogen-bond acceptors (Lipinski definition) is 3. The van der Waals surface area contributed by atoms with Gasteiger partial charge in [-0.1, -0.05) is 6.58 Å². The highest BCUT2D eigenvalue weighted by molar-refractivity contribution is 5.76. The van der Waals surface area contributed by atoms with Crippen molar-refractivity contribution in [3.05, 3.63) is 35.9 Å². The van der Waals surface area contributed by atoms with E-state index >= 15 is 0 Å². The van der Waals surface area contributed by atoms with Crippen LogP contribution in [0.3, 0.4) is 0 Å². The Hall–Kier alpha value is -1.91. The summed E-state index contributed by atoms with van der Waals surface area (Å²) in [6.45, 7) is 5.41. The molecule has 1 aromatic rings. The molecule has 0 fully saturated rings. The Morgan fingerprint density at radius 2 is 2.44 bits per heavy atom. The predicted molar refractivity (Wildman–Crippen MR) is 57.8 cm³/mol. The van der Waals surface area contributed by atoms with Crippen molar-refractivity contribution in [1.82, 2.24) is 4.98 Å². The SMILES string of the molecule is [2H]c1c(CC(N)=O)nc(F)c(C(=C)OCC)c1[2H]. The van der Waals surface area contributed by atoms with Crippen molar-refractivity contribution in [2.24, 2.45) is 5.73 Å². The number of amides is 1. The zero-order valence-electron chi connectivity index (χ0n) is 10.8. The van der Waals surface area contributed by atoms with E-state index in [1.54, 1.807) is 6.92 Å². The Morgan fingerprint density at radius 1 is 1.75 bits per heavy atom. The van der Waals surface area contributed by atoms with E-state index in [2.05, 4.69) is 11.6 Å². The Kier molecular flexibility index (Phi) is 3.06. The Morgan fingerprint density at radius 3 is 3.00 bits per heavy atom. The van der Waals surface area contributed by atoms with Gasteiger partial charge < -0.3 is 10.5 Å². The number of rotatable bonds is 5. The number of carbonyl (C=O) groups excluding carboxylic acids is 1. The summed E-state index contributed by atoms with van der Waals surface area (Å²) in [5.74, 6) is -1.80. The number of aromatic nitrogens is 1. The van der Waals surface area contributed by atoms with Gasteiger partial charge in [-0.3, -0.25) is 4.79 Å². The number of ether oxygens (including phenoxy) is 1. The molecule has 86 valence electrons. The number of primary amides is 1. The molecular weight excluding hydrogens is 211 g/mol. The van der Waals surface area contributed by atoms with Gasteiger partial charge in [0.25, 0.3) is 0 Å². The lowest BCUT2D eigenvalue weighted by Gasteiger charge is -2.08. The number of nitrogens with two attached hydrogens (primary N) is 1.